The first-order valence-electron chi connectivity index (χ1n) is 7.51. The number of hydrogen-bond donors (Lipinski definition) is 0. The van der Waals surface area contributed by atoms with Gasteiger partial charge in [-0.2, -0.15) is 0 Å². The third kappa shape index (κ3) is 4.06. The van der Waals surface area contributed by atoms with Crippen LogP contribution in [0.25, 0.3) is 0 Å². The molecular weight excluding hydrogens is 262 g/mol. The molecule has 0 radical (unpaired) electrons. The normalized spacial score (nSPS) is 11.7. The average molecular weight is 287 g/mol. The van der Waals surface area contributed by atoms with Crippen molar-refractivity contribution >= 4 is 0 Å². The van der Waals surface area contributed by atoms with Gasteiger partial charge in [0.05, 0.1) is 12.3 Å². The molecule has 1 heterocycles. The molecule has 0 N–H and O–H groups in total. The van der Waals surface area contributed by atoms with Crippen molar-refractivity contribution in [1.29, 1.82) is 0 Å². The van der Waals surface area contributed by atoms with Gasteiger partial charge < -0.3 is 4.74 Å². The van der Waals surface area contributed by atoms with E-state index in [-0.39, 0.29) is 5.41 Å². The summed E-state index contributed by atoms with van der Waals surface area (Å²) in [5.74, 6) is 0.981. The summed E-state index contributed by atoms with van der Waals surface area (Å²) in [6.45, 7) is 9.40. The minimum absolute atomic E-state index is 0.145. The Balaban J connectivity index is 2.21. The lowest BCUT2D eigenvalue weighted by atomic mass is 9.85. The third-order valence-corrected chi connectivity index (χ3v) is 3.53. The molecule has 114 valence electrons. The molecule has 1 aromatic heterocycles. The summed E-state index contributed by atoms with van der Waals surface area (Å²) in [6.07, 6.45) is 3.76. The van der Waals surface area contributed by atoms with Gasteiger partial charge in [0.25, 0.3) is 0 Å². The predicted molar refractivity (Wildman–Crippen MR) is 84.7 cm³/mol. The van der Waals surface area contributed by atoms with Gasteiger partial charge in [-0.15, -0.1) is 5.10 Å². The largest absolute Gasteiger partial charge is 0.494 e. The van der Waals surface area contributed by atoms with Crippen molar-refractivity contribution in [3.8, 4) is 5.75 Å². The van der Waals surface area contributed by atoms with Crippen LogP contribution in [0, 0.1) is 0 Å². The van der Waals surface area contributed by atoms with Crippen molar-refractivity contribution in [2.24, 2.45) is 7.05 Å². The van der Waals surface area contributed by atoms with E-state index in [0.29, 0.717) is 6.61 Å². The number of aryl methyl sites for hydroxylation is 3. The van der Waals surface area contributed by atoms with Crippen LogP contribution >= 0.6 is 0 Å². The number of nitrogens with zero attached hydrogens (tertiary/aromatic N) is 3. The van der Waals surface area contributed by atoms with Gasteiger partial charge >= 0.3 is 0 Å². The van der Waals surface area contributed by atoms with Crippen LogP contribution in [0.15, 0.2) is 24.4 Å². The van der Waals surface area contributed by atoms with E-state index in [0.717, 1.165) is 24.3 Å². The monoisotopic (exact) mass is 287 g/mol. The molecule has 2 rings (SSSR count). The van der Waals surface area contributed by atoms with E-state index in [2.05, 4.69) is 49.3 Å². The van der Waals surface area contributed by atoms with Crippen LogP contribution in [-0.2, 0) is 25.3 Å². The Morgan fingerprint density at radius 3 is 2.52 bits per heavy atom. The smallest absolute Gasteiger partial charge is 0.122 e. The zero-order chi connectivity index (χ0) is 15.5. The first-order chi connectivity index (χ1) is 9.90. The molecule has 0 unspecified atom stereocenters. The molecule has 0 aliphatic carbocycles. The van der Waals surface area contributed by atoms with Crippen LogP contribution in [-0.4, -0.2) is 21.6 Å². The maximum atomic E-state index is 5.76. The summed E-state index contributed by atoms with van der Waals surface area (Å²) in [5.41, 5.74) is 3.74. The number of ether oxygens (including phenoxy) is 1. The van der Waals surface area contributed by atoms with E-state index in [1.807, 2.05) is 20.2 Å². The van der Waals surface area contributed by atoms with Gasteiger partial charge in [0, 0.05) is 13.2 Å². The van der Waals surface area contributed by atoms with E-state index in [9.17, 15) is 0 Å². The molecule has 21 heavy (non-hydrogen) atoms. The van der Waals surface area contributed by atoms with Crippen LogP contribution in [0.1, 0.15) is 44.5 Å². The topological polar surface area (TPSA) is 39.9 Å². The van der Waals surface area contributed by atoms with Gasteiger partial charge in [-0.1, -0.05) is 38.1 Å². The van der Waals surface area contributed by atoms with Crippen molar-refractivity contribution in [3.05, 3.63) is 41.2 Å². The molecule has 0 bridgehead atoms. The van der Waals surface area contributed by atoms with E-state index in [4.69, 9.17) is 4.74 Å². The summed E-state index contributed by atoms with van der Waals surface area (Å²) < 4.78 is 7.50. The summed E-state index contributed by atoms with van der Waals surface area (Å²) >= 11 is 0. The molecule has 0 atom stereocenters. The lowest BCUT2D eigenvalue weighted by molar-refractivity contribution is 0.336. The average Bonchev–Trinajstić information content (AvgIpc) is 2.82. The second-order valence-corrected chi connectivity index (χ2v) is 6.39. The Labute approximate surface area is 127 Å². The minimum Gasteiger partial charge on any atom is -0.494 e. The van der Waals surface area contributed by atoms with Crippen LogP contribution in [0.4, 0.5) is 0 Å². The first kappa shape index (κ1) is 15.5. The Bertz CT molecular complexity index is 596. The van der Waals surface area contributed by atoms with Gasteiger partial charge in [0.2, 0.25) is 0 Å². The zero-order valence-electron chi connectivity index (χ0n) is 13.7. The summed E-state index contributed by atoms with van der Waals surface area (Å²) in [4.78, 5) is 0. The van der Waals surface area contributed by atoms with Crippen molar-refractivity contribution in [1.82, 2.24) is 15.0 Å². The number of aromatic nitrogens is 3. The quantitative estimate of drug-likeness (QED) is 0.847. The zero-order valence-corrected chi connectivity index (χ0v) is 13.7. The molecule has 1 aromatic carbocycles. The van der Waals surface area contributed by atoms with E-state index < -0.39 is 0 Å². The van der Waals surface area contributed by atoms with Gasteiger partial charge in [-0.3, -0.25) is 4.68 Å². The second-order valence-electron chi connectivity index (χ2n) is 6.39. The molecule has 2 aromatic rings. The van der Waals surface area contributed by atoms with Crippen molar-refractivity contribution in [2.45, 2.75) is 46.0 Å². The lowest BCUT2D eigenvalue weighted by Crippen LogP contribution is -2.12. The van der Waals surface area contributed by atoms with Crippen molar-refractivity contribution in [2.75, 3.05) is 6.61 Å². The fourth-order valence-corrected chi connectivity index (χ4v) is 2.31. The third-order valence-electron chi connectivity index (χ3n) is 3.53. The molecule has 0 spiro atoms. The van der Waals surface area contributed by atoms with Crippen LogP contribution in [0.5, 0.6) is 5.75 Å². The van der Waals surface area contributed by atoms with Crippen LogP contribution < -0.4 is 4.74 Å². The standard InChI is InChI=1S/C17H25N3O/c1-6-21-16-10-8-14(17(2,3)4)11-13(16)7-9-15-12-20(5)19-18-15/h8,10-12H,6-7,9H2,1-5H3. The van der Waals surface area contributed by atoms with E-state index in [1.54, 1.807) is 4.68 Å². The maximum absolute atomic E-state index is 5.76. The highest BCUT2D eigenvalue weighted by molar-refractivity contribution is 5.40. The molecule has 4 heteroatoms. The molecule has 0 fully saturated rings. The summed E-state index contributed by atoms with van der Waals surface area (Å²) in [6, 6.07) is 6.52. The van der Waals surface area contributed by atoms with Crippen molar-refractivity contribution in [3.63, 3.8) is 0 Å². The van der Waals surface area contributed by atoms with Crippen LogP contribution in [0.3, 0.4) is 0 Å². The van der Waals surface area contributed by atoms with Gasteiger partial charge in [-0.05, 0) is 42.4 Å². The molecule has 0 aliphatic heterocycles. The van der Waals surface area contributed by atoms with Gasteiger partial charge in [-0.25, -0.2) is 0 Å². The first-order valence-corrected chi connectivity index (χ1v) is 7.51. The SMILES string of the molecule is CCOc1ccc(C(C)(C)C)cc1CCc1cn(C)nn1. The Hall–Kier alpha value is -1.84. The minimum atomic E-state index is 0.145. The number of rotatable bonds is 5. The summed E-state index contributed by atoms with van der Waals surface area (Å²) in [7, 11) is 1.89. The fourth-order valence-electron chi connectivity index (χ4n) is 2.31. The number of hydrogen-bond acceptors (Lipinski definition) is 3. The molecule has 0 saturated heterocycles. The maximum Gasteiger partial charge on any atom is 0.122 e. The van der Waals surface area contributed by atoms with E-state index >= 15 is 0 Å². The lowest BCUT2D eigenvalue weighted by Gasteiger charge is -2.21. The fraction of sp³-hybridized carbons (Fsp3) is 0.529. The Morgan fingerprint density at radius 2 is 1.95 bits per heavy atom. The highest BCUT2D eigenvalue weighted by Gasteiger charge is 2.16. The van der Waals surface area contributed by atoms with Gasteiger partial charge in [0.1, 0.15) is 5.75 Å². The highest BCUT2D eigenvalue weighted by Crippen LogP contribution is 2.28. The Morgan fingerprint density at radius 1 is 1.19 bits per heavy atom. The molecule has 4 nitrogen and oxygen atoms in total. The predicted octanol–water partition coefficient (Wildman–Crippen LogP) is 3.30. The van der Waals surface area contributed by atoms with E-state index in [1.165, 1.54) is 11.1 Å². The van der Waals surface area contributed by atoms with Crippen molar-refractivity contribution < 1.29 is 4.74 Å². The molecular formula is C17H25N3O. The van der Waals surface area contributed by atoms with Crippen LogP contribution in [0.2, 0.25) is 0 Å². The molecule has 0 aliphatic rings. The highest BCUT2D eigenvalue weighted by atomic mass is 16.5. The molecule has 0 saturated carbocycles. The molecule has 0 amide bonds. The van der Waals surface area contributed by atoms with Gasteiger partial charge in [0.15, 0.2) is 0 Å². The number of benzene rings is 1. The summed E-state index contributed by atoms with van der Waals surface area (Å²) in [5, 5.41) is 8.13. The Kier molecular flexibility index (Phi) is 4.66. The second kappa shape index (κ2) is 6.29.